The molecule has 1 aromatic carbocycles. The molecule has 0 heterocycles. The van der Waals surface area contributed by atoms with Gasteiger partial charge in [0.05, 0.1) is 11.5 Å². The van der Waals surface area contributed by atoms with Crippen LogP contribution in [0.5, 0.6) is 5.75 Å². The smallest absolute Gasteiger partial charge is 0.326 e. The summed E-state index contributed by atoms with van der Waals surface area (Å²) in [5.41, 5.74) is 6.19. The number of carbonyl (C=O) groups excluding carboxylic acids is 1. The van der Waals surface area contributed by atoms with Gasteiger partial charge in [-0.3, -0.25) is 14.9 Å². The van der Waals surface area contributed by atoms with Gasteiger partial charge in [0, 0.05) is 6.07 Å². The van der Waals surface area contributed by atoms with Gasteiger partial charge in [-0.1, -0.05) is 6.07 Å². The highest BCUT2D eigenvalue weighted by Crippen LogP contribution is 2.27. The minimum Gasteiger partial charge on any atom is -0.485 e. The first-order valence-corrected chi connectivity index (χ1v) is 5.75. The van der Waals surface area contributed by atoms with Crippen LogP contribution in [-0.4, -0.2) is 30.1 Å². The topological polar surface area (TPSA) is 105 Å². The number of hydrogen-bond acceptors (Lipinski definition) is 6. The maximum absolute atomic E-state index is 11.3. The summed E-state index contributed by atoms with van der Waals surface area (Å²) in [5.74, 6) is -0.512. The van der Waals surface area contributed by atoms with Gasteiger partial charge in [0.25, 0.3) is 0 Å². The molecule has 1 unspecified atom stereocenters. The Labute approximate surface area is 110 Å². The zero-order chi connectivity index (χ0) is 14.4. The molecule has 1 rings (SSSR count). The summed E-state index contributed by atoms with van der Waals surface area (Å²) in [7, 11) is 0. The van der Waals surface area contributed by atoms with E-state index in [1.807, 2.05) is 0 Å². The quantitative estimate of drug-likeness (QED) is 0.471. The number of benzene rings is 1. The van der Waals surface area contributed by atoms with Crippen LogP contribution >= 0.6 is 0 Å². The molecule has 0 aliphatic heterocycles. The van der Waals surface area contributed by atoms with E-state index >= 15 is 0 Å². The van der Waals surface area contributed by atoms with Crippen molar-refractivity contribution in [2.75, 3.05) is 13.2 Å². The number of nitrogens with zero attached hydrogens (tertiary/aromatic N) is 1. The molecule has 7 nitrogen and oxygen atoms in total. The Hall–Kier alpha value is -2.15. The molecule has 0 aromatic heterocycles. The molecule has 2 N–H and O–H groups in total. The summed E-state index contributed by atoms with van der Waals surface area (Å²) >= 11 is 0. The van der Waals surface area contributed by atoms with Gasteiger partial charge in [0.1, 0.15) is 12.6 Å². The van der Waals surface area contributed by atoms with E-state index in [2.05, 4.69) is 0 Å². The van der Waals surface area contributed by atoms with Crippen LogP contribution in [0.3, 0.4) is 0 Å². The van der Waals surface area contributed by atoms with Gasteiger partial charge < -0.3 is 15.2 Å². The van der Waals surface area contributed by atoms with E-state index < -0.39 is 16.9 Å². The SMILES string of the molecule is CCOC(=O)C(N)COc1cc(C)ccc1[N+](=O)[O-]. The zero-order valence-electron chi connectivity index (χ0n) is 10.8. The van der Waals surface area contributed by atoms with Crippen LogP contribution in [-0.2, 0) is 9.53 Å². The number of esters is 1. The Morgan fingerprint density at radius 2 is 2.21 bits per heavy atom. The third kappa shape index (κ3) is 4.22. The molecular weight excluding hydrogens is 252 g/mol. The second-order valence-electron chi connectivity index (χ2n) is 3.90. The summed E-state index contributed by atoms with van der Waals surface area (Å²) in [6.45, 7) is 3.49. The Kier molecular flexibility index (Phi) is 5.25. The standard InChI is InChI=1S/C12H16N2O5/c1-3-18-12(15)9(13)7-19-11-6-8(2)4-5-10(11)14(16)17/h4-6,9H,3,7,13H2,1-2H3. The van der Waals surface area contributed by atoms with Crippen molar-refractivity contribution in [3.05, 3.63) is 33.9 Å². The number of carbonyl (C=O) groups is 1. The molecule has 7 heteroatoms. The monoisotopic (exact) mass is 268 g/mol. The van der Waals surface area contributed by atoms with Crippen molar-refractivity contribution in [2.45, 2.75) is 19.9 Å². The highest BCUT2D eigenvalue weighted by Gasteiger charge is 2.19. The minimum absolute atomic E-state index is 0.0877. The number of rotatable bonds is 6. The molecule has 0 aliphatic rings. The van der Waals surface area contributed by atoms with E-state index in [9.17, 15) is 14.9 Å². The number of ether oxygens (including phenoxy) is 2. The predicted octanol–water partition coefficient (Wildman–Crippen LogP) is 1.17. The summed E-state index contributed by atoms with van der Waals surface area (Å²) in [4.78, 5) is 21.6. The molecule has 0 aliphatic carbocycles. The first kappa shape index (κ1) is 14.9. The number of nitrogens with two attached hydrogens (primary N) is 1. The lowest BCUT2D eigenvalue weighted by atomic mass is 10.2. The maximum atomic E-state index is 11.3. The minimum atomic E-state index is -0.972. The summed E-state index contributed by atoms with van der Waals surface area (Å²) in [6, 6.07) is 3.51. The van der Waals surface area contributed by atoms with E-state index in [0.29, 0.717) is 0 Å². The van der Waals surface area contributed by atoms with E-state index in [1.54, 1.807) is 19.9 Å². The van der Waals surface area contributed by atoms with Crippen molar-refractivity contribution in [3.63, 3.8) is 0 Å². The van der Waals surface area contributed by atoms with Crippen LogP contribution in [0.25, 0.3) is 0 Å². The normalized spacial score (nSPS) is 11.7. The number of nitro benzene ring substituents is 1. The average molecular weight is 268 g/mol. The second kappa shape index (κ2) is 6.69. The highest BCUT2D eigenvalue weighted by molar-refractivity contribution is 5.75. The Balaban J connectivity index is 2.74. The summed E-state index contributed by atoms with van der Waals surface area (Å²) in [6.07, 6.45) is 0. The fourth-order valence-corrected chi connectivity index (χ4v) is 1.38. The largest absolute Gasteiger partial charge is 0.485 e. The third-order valence-corrected chi connectivity index (χ3v) is 2.32. The lowest BCUT2D eigenvalue weighted by Gasteiger charge is -2.12. The van der Waals surface area contributed by atoms with Gasteiger partial charge in [0.2, 0.25) is 0 Å². The third-order valence-electron chi connectivity index (χ3n) is 2.32. The lowest BCUT2D eigenvalue weighted by molar-refractivity contribution is -0.385. The van der Waals surface area contributed by atoms with Crippen molar-refractivity contribution >= 4 is 11.7 Å². The van der Waals surface area contributed by atoms with Gasteiger partial charge in [-0.15, -0.1) is 0 Å². The average Bonchev–Trinajstić information content (AvgIpc) is 2.35. The number of nitro groups is 1. The summed E-state index contributed by atoms with van der Waals surface area (Å²) < 4.78 is 9.96. The van der Waals surface area contributed by atoms with E-state index in [1.165, 1.54) is 12.1 Å². The van der Waals surface area contributed by atoms with Crippen LogP contribution in [0.1, 0.15) is 12.5 Å². The Morgan fingerprint density at radius 3 is 2.79 bits per heavy atom. The molecule has 1 aromatic rings. The molecule has 104 valence electrons. The molecule has 0 saturated carbocycles. The van der Waals surface area contributed by atoms with Crippen molar-refractivity contribution < 1.29 is 19.2 Å². The lowest BCUT2D eigenvalue weighted by Crippen LogP contribution is -2.37. The van der Waals surface area contributed by atoms with E-state index in [4.69, 9.17) is 15.2 Å². The van der Waals surface area contributed by atoms with Crippen LogP contribution in [0, 0.1) is 17.0 Å². The van der Waals surface area contributed by atoms with Crippen LogP contribution < -0.4 is 10.5 Å². The van der Waals surface area contributed by atoms with E-state index in [-0.39, 0.29) is 24.7 Å². The zero-order valence-corrected chi connectivity index (χ0v) is 10.8. The van der Waals surface area contributed by atoms with Gasteiger partial charge in [-0.25, -0.2) is 0 Å². The van der Waals surface area contributed by atoms with E-state index in [0.717, 1.165) is 5.56 Å². The van der Waals surface area contributed by atoms with Crippen LogP contribution in [0.4, 0.5) is 5.69 Å². The van der Waals surface area contributed by atoms with Crippen molar-refractivity contribution in [1.82, 2.24) is 0 Å². The fourth-order valence-electron chi connectivity index (χ4n) is 1.38. The molecule has 0 spiro atoms. The predicted molar refractivity (Wildman–Crippen MR) is 67.9 cm³/mol. The first-order valence-electron chi connectivity index (χ1n) is 5.75. The van der Waals surface area contributed by atoms with Crippen molar-refractivity contribution in [3.8, 4) is 5.75 Å². The number of aryl methyl sites for hydroxylation is 1. The molecule has 0 radical (unpaired) electrons. The summed E-state index contributed by atoms with van der Waals surface area (Å²) in [5, 5.41) is 10.8. The molecule has 0 amide bonds. The maximum Gasteiger partial charge on any atom is 0.326 e. The second-order valence-corrected chi connectivity index (χ2v) is 3.90. The molecule has 1 atom stereocenters. The fraction of sp³-hybridized carbons (Fsp3) is 0.417. The molecule has 19 heavy (non-hydrogen) atoms. The molecule has 0 fully saturated rings. The Morgan fingerprint density at radius 1 is 1.53 bits per heavy atom. The van der Waals surface area contributed by atoms with Gasteiger partial charge in [-0.2, -0.15) is 0 Å². The van der Waals surface area contributed by atoms with Crippen LogP contribution in [0.15, 0.2) is 18.2 Å². The van der Waals surface area contributed by atoms with Gasteiger partial charge in [-0.05, 0) is 25.5 Å². The van der Waals surface area contributed by atoms with Gasteiger partial charge in [0.15, 0.2) is 5.75 Å². The van der Waals surface area contributed by atoms with Gasteiger partial charge >= 0.3 is 11.7 Å². The Bertz CT molecular complexity index is 475. The molecular formula is C12H16N2O5. The van der Waals surface area contributed by atoms with Crippen LogP contribution in [0.2, 0.25) is 0 Å². The van der Waals surface area contributed by atoms with Crippen molar-refractivity contribution in [1.29, 1.82) is 0 Å². The number of hydrogen-bond donors (Lipinski definition) is 1. The molecule has 0 saturated heterocycles. The molecule has 0 bridgehead atoms. The highest BCUT2D eigenvalue weighted by atomic mass is 16.6. The van der Waals surface area contributed by atoms with Crippen molar-refractivity contribution in [2.24, 2.45) is 5.73 Å². The first-order chi connectivity index (χ1) is 8.95.